The zero-order chi connectivity index (χ0) is 21.7. The second kappa shape index (κ2) is 9.24. The highest BCUT2D eigenvalue weighted by molar-refractivity contribution is 8.00. The average molecular weight is 444 g/mol. The van der Waals surface area contributed by atoms with Gasteiger partial charge in [-0.1, -0.05) is 48.2 Å². The standard InChI is InChI=1S/C20H21N5O3S2/c1-3-13-25-18(15-7-5-4-6-8-15)23-24-20(25)29-14(2)19(26)22-16-9-11-17(12-10-16)30(21,27)28/h3-12,14H,1,13H2,2H3,(H,22,26)(H2,21,27,28)/t14-/m1/s1. The number of thioether (sulfide) groups is 1. The van der Waals surface area contributed by atoms with Gasteiger partial charge in [0, 0.05) is 17.8 Å². The number of carbonyl (C=O) groups is 1. The lowest BCUT2D eigenvalue weighted by Crippen LogP contribution is -2.23. The first-order valence-electron chi connectivity index (χ1n) is 8.99. The summed E-state index contributed by atoms with van der Waals surface area (Å²) in [6.45, 7) is 6.05. The number of nitrogens with one attached hydrogen (secondary N) is 1. The molecule has 10 heteroatoms. The first kappa shape index (κ1) is 21.8. The first-order valence-corrected chi connectivity index (χ1v) is 11.4. The number of hydrogen-bond donors (Lipinski definition) is 2. The minimum Gasteiger partial charge on any atom is -0.325 e. The van der Waals surface area contributed by atoms with Gasteiger partial charge >= 0.3 is 0 Å². The molecule has 3 aromatic rings. The average Bonchev–Trinajstić information content (AvgIpc) is 3.11. The summed E-state index contributed by atoms with van der Waals surface area (Å²) < 4.78 is 24.6. The summed E-state index contributed by atoms with van der Waals surface area (Å²) >= 11 is 1.27. The molecule has 0 radical (unpaired) electrons. The molecule has 0 saturated carbocycles. The highest BCUT2D eigenvalue weighted by Crippen LogP contribution is 2.27. The molecule has 0 spiro atoms. The Hall–Kier alpha value is -2.95. The molecular weight excluding hydrogens is 422 g/mol. The van der Waals surface area contributed by atoms with E-state index >= 15 is 0 Å². The van der Waals surface area contributed by atoms with E-state index in [-0.39, 0.29) is 10.8 Å². The maximum atomic E-state index is 12.6. The Labute approximate surface area is 179 Å². The molecule has 0 aliphatic rings. The number of allylic oxidation sites excluding steroid dienone is 1. The van der Waals surface area contributed by atoms with Crippen molar-refractivity contribution in [2.24, 2.45) is 5.14 Å². The molecule has 0 unspecified atom stereocenters. The molecule has 156 valence electrons. The molecule has 1 heterocycles. The zero-order valence-corrected chi connectivity index (χ0v) is 17.9. The highest BCUT2D eigenvalue weighted by atomic mass is 32.2. The van der Waals surface area contributed by atoms with Crippen molar-refractivity contribution < 1.29 is 13.2 Å². The number of nitrogens with two attached hydrogens (primary N) is 1. The number of anilines is 1. The lowest BCUT2D eigenvalue weighted by Gasteiger charge is -2.13. The second-order valence-electron chi connectivity index (χ2n) is 6.39. The van der Waals surface area contributed by atoms with E-state index in [4.69, 9.17) is 5.14 Å². The van der Waals surface area contributed by atoms with Crippen molar-refractivity contribution in [1.82, 2.24) is 14.8 Å². The van der Waals surface area contributed by atoms with Crippen LogP contribution in [-0.2, 0) is 21.4 Å². The molecule has 0 bridgehead atoms. The van der Waals surface area contributed by atoms with Crippen LogP contribution in [0.1, 0.15) is 6.92 Å². The van der Waals surface area contributed by atoms with E-state index in [9.17, 15) is 13.2 Å². The minimum absolute atomic E-state index is 0.0195. The molecule has 0 fully saturated rings. The van der Waals surface area contributed by atoms with Gasteiger partial charge in [0.15, 0.2) is 11.0 Å². The quantitative estimate of drug-likeness (QED) is 0.408. The van der Waals surface area contributed by atoms with Crippen molar-refractivity contribution in [2.75, 3.05) is 5.32 Å². The summed E-state index contributed by atoms with van der Waals surface area (Å²) in [4.78, 5) is 12.6. The van der Waals surface area contributed by atoms with Gasteiger partial charge in [0.2, 0.25) is 15.9 Å². The summed E-state index contributed by atoms with van der Waals surface area (Å²) in [6, 6.07) is 15.3. The van der Waals surface area contributed by atoms with Crippen molar-refractivity contribution in [2.45, 2.75) is 28.8 Å². The van der Waals surface area contributed by atoms with E-state index in [1.807, 2.05) is 34.9 Å². The third-order valence-corrected chi connectivity index (χ3v) is 6.17. The van der Waals surface area contributed by atoms with Crippen molar-refractivity contribution in [1.29, 1.82) is 0 Å². The number of carbonyl (C=O) groups excluding carboxylic acids is 1. The number of nitrogens with zero attached hydrogens (tertiary/aromatic N) is 3. The second-order valence-corrected chi connectivity index (χ2v) is 9.26. The van der Waals surface area contributed by atoms with E-state index in [2.05, 4.69) is 22.1 Å². The lowest BCUT2D eigenvalue weighted by molar-refractivity contribution is -0.115. The zero-order valence-electron chi connectivity index (χ0n) is 16.2. The van der Waals surface area contributed by atoms with Gasteiger partial charge in [0.25, 0.3) is 0 Å². The molecular formula is C20H21N5O3S2. The maximum absolute atomic E-state index is 12.6. The number of benzene rings is 2. The topological polar surface area (TPSA) is 120 Å². The first-order chi connectivity index (χ1) is 14.3. The van der Waals surface area contributed by atoms with E-state index in [1.165, 1.54) is 36.0 Å². The van der Waals surface area contributed by atoms with Crippen LogP contribution in [-0.4, -0.2) is 34.3 Å². The number of primary sulfonamides is 1. The summed E-state index contributed by atoms with van der Waals surface area (Å²) in [6.07, 6.45) is 1.75. The van der Waals surface area contributed by atoms with Crippen molar-refractivity contribution >= 4 is 33.4 Å². The van der Waals surface area contributed by atoms with Gasteiger partial charge < -0.3 is 5.32 Å². The van der Waals surface area contributed by atoms with Crippen LogP contribution in [0.4, 0.5) is 5.69 Å². The smallest absolute Gasteiger partial charge is 0.238 e. The molecule has 1 aromatic heterocycles. The van der Waals surface area contributed by atoms with Crippen LogP contribution >= 0.6 is 11.8 Å². The normalized spacial score (nSPS) is 12.3. The van der Waals surface area contributed by atoms with Crippen molar-refractivity contribution in [3.63, 3.8) is 0 Å². The number of aromatic nitrogens is 3. The Kier molecular flexibility index (Phi) is 6.70. The predicted molar refractivity (Wildman–Crippen MR) is 117 cm³/mol. The number of hydrogen-bond acceptors (Lipinski definition) is 6. The molecule has 0 aliphatic carbocycles. The Bertz CT molecular complexity index is 1140. The summed E-state index contributed by atoms with van der Waals surface area (Å²) in [5.74, 6) is 0.446. The number of rotatable bonds is 8. The minimum atomic E-state index is -3.78. The Morgan fingerprint density at radius 1 is 1.20 bits per heavy atom. The van der Waals surface area contributed by atoms with Crippen LogP contribution in [0.25, 0.3) is 11.4 Å². The highest BCUT2D eigenvalue weighted by Gasteiger charge is 2.20. The molecule has 30 heavy (non-hydrogen) atoms. The van der Waals surface area contributed by atoms with E-state index < -0.39 is 15.3 Å². The lowest BCUT2D eigenvalue weighted by atomic mass is 10.2. The summed E-state index contributed by atoms with van der Waals surface area (Å²) in [7, 11) is -3.78. The largest absolute Gasteiger partial charge is 0.325 e. The van der Waals surface area contributed by atoms with Crippen LogP contribution in [0.15, 0.2) is 77.3 Å². The maximum Gasteiger partial charge on any atom is 0.238 e. The van der Waals surface area contributed by atoms with Gasteiger partial charge in [-0.05, 0) is 31.2 Å². The van der Waals surface area contributed by atoms with Crippen LogP contribution in [0, 0.1) is 0 Å². The Morgan fingerprint density at radius 2 is 1.87 bits per heavy atom. The molecule has 3 rings (SSSR count). The molecule has 2 aromatic carbocycles. The van der Waals surface area contributed by atoms with E-state index in [0.717, 1.165) is 5.56 Å². The van der Waals surface area contributed by atoms with Gasteiger partial charge in [0.05, 0.1) is 10.1 Å². The Morgan fingerprint density at radius 3 is 2.47 bits per heavy atom. The molecule has 3 N–H and O–H groups in total. The number of amides is 1. The third kappa shape index (κ3) is 5.15. The van der Waals surface area contributed by atoms with Crippen molar-refractivity contribution in [3.05, 3.63) is 67.3 Å². The fourth-order valence-corrected chi connectivity index (χ4v) is 4.03. The summed E-state index contributed by atoms with van der Waals surface area (Å²) in [5.41, 5.74) is 1.39. The van der Waals surface area contributed by atoms with E-state index in [1.54, 1.807) is 13.0 Å². The fraction of sp³-hybridized carbons (Fsp3) is 0.150. The fourth-order valence-electron chi connectivity index (χ4n) is 2.65. The van der Waals surface area contributed by atoms with Crippen LogP contribution in [0.2, 0.25) is 0 Å². The van der Waals surface area contributed by atoms with Crippen LogP contribution in [0.5, 0.6) is 0 Å². The molecule has 1 atom stereocenters. The van der Waals surface area contributed by atoms with E-state index in [0.29, 0.717) is 23.2 Å². The number of sulfonamides is 1. The van der Waals surface area contributed by atoms with Gasteiger partial charge in [-0.2, -0.15) is 0 Å². The summed E-state index contributed by atoms with van der Waals surface area (Å²) in [5, 5.41) is 16.5. The van der Waals surface area contributed by atoms with Crippen LogP contribution in [0.3, 0.4) is 0 Å². The monoisotopic (exact) mass is 443 g/mol. The third-order valence-electron chi connectivity index (χ3n) is 4.16. The van der Waals surface area contributed by atoms with Crippen molar-refractivity contribution in [3.8, 4) is 11.4 Å². The molecule has 0 saturated heterocycles. The van der Waals surface area contributed by atoms with Gasteiger partial charge in [0.1, 0.15) is 0 Å². The molecule has 1 amide bonds. The molecule has 8 nitrogen and oxygen atoms in total. The Balaban J connectivity index is 1.74. The van der Waals surface area contributed by atoms with Gasteiger partial charge in [-0.3, -0.25) is 9.36 Å². The predicted octanol–water partition coefficient (Wildman–Crippen LogP) is 2.90. The van der Waals surface area contributed by atoms with Crippen LogP contribution < -0.4 is 10.5 Å². The SMILES string of the molecule is C=CCn1c(S[C@H](C)C(=O)Nc2ccc(S(N)(=O)=O)cc2)nnc1-c1ccccc1. The van der Waals surface area contributed by atoms with Gasteiger partial charge in [-0.25, -0.2) is 13.6 Å². The molecule has 0 aliphatic heterocycles. The van der Waals surface area contributed by atoms with Gasteiger partial charge in [-0.15, -0.1) is 16.8 Å².